The fourth-order valence-electron chi connectivity index (χ4n) is 12.4. The van der Waals surface area contributed by atoms with E-state index < -0.39 is 35.8 Å². The van der Waals surface area contributed by atoms with Crippen LogP contribution < -0.4 is 0 Å². The first-order valence-electron chi connectivity index (χ1n) is 17.0. The van der Waals surface area contributed by atoms with Crippen molar-refractivity contribution in [3.05, 3.63) is 11.6 Å². The van der Waals surface area contributed by atoms with Crippen LogP contribution in [-0.2, 0) is 14.3 Å². The molecule has 43 heavy (non-hydrogen) atoms. The van der Waals surface area contributed by atoms with Gasteiger partial charge >= 0.3 is 5.97 Å². The van der Waals surface area contributed by atoms with Gasteiger partial charge in [0.2, 0.25) is 0 Å². The van der Waals surface area contributed by atoms with Gasteiger partial charge in [0.05, 0.1) is 12.0 Å². The molecule has 5 aliphatic carbocycles. The summed E-state index contributed by atoms with van der Waals surface area (Å²) in [6.45, 7) is 16.3. The summed E-state index contributed by atoms with van der Waals surface area (Å²) >= 11 is 0. The molecule has 0 bridgehead atoms. The normalized spacial score (nSPS) is 52.0. The van der Waals surface area contributed by atoms with Gasteiger partial charge in [0.15, 0.2) is 5.78 Å². The van der Waals surface area contributed by atoms with Crippen molar-refractivity contribution in [2.45, 2.75) is 137 Å². The maximum Gasteiger partial charge on any atom is 0.310 e. The molecule has 0 radical (unpaired) electrons. The summed E-state index contributed by atoms with van der Waals surface area (Å²) < 4.78 is 5.64. The topological polar surface area (TPSA) is 124 Å². The highest BCUT2D eigenvalue weighted by Crippen LogP contribution is 2.76. The van der Waals surface area contributed by atoms with Gasteiger partial charge in [-0.2, -0.15) is 0 Å². The van der Waals surface area contributed by atoms with Gasteiger partial charge in [0.1, 0.15) is 24.4 Å². The van der Waals surface area contributed by atoms with Crippen molar-refractivity contribution in [2.75, 3.05) is 6.61 Å². The number of carboxylic acid groups (broad SMARTS) is 1. The number of carboxylic acids is 1. The van der Waals surface area contributed by atoms with E-state index in [9.17, 15) is 30.0 Å². The lowest BCUT2D eigenvalue weighted by Gasteiger charge is -2.71. The van der Waals surface area contributed by atoms with Crippen LogP contribution in [0.2, 0.25) is 0 Å². The molecule has 1 heterocycles. The number of rotatable bonds is 3. The van der Waals surface area contributed by atoms with Crippen molar-refractivity contribution in [3.63, 3.8) is 0 Å². The average Bonchev–Trinajstić information content (AvgIpc) is 2.91. The second-order valence-electron chi connectivity index (χ2n) is 17.8. The summed E-state index contributed by atoms with van der Waals surface area (Å²) in [4.78, 5) is 26.9. The quantitative estimate of drug-likeness (QED) is 0.314. The van der Waals surface area contributed by atoms with Crippen LogP contribution in [0.3, 0.4) is 0 Å². The Bertz CT molecular complexity index is 1210. The van der Waals surface area contributed by atoms with Crippen LogP contribution >= 0.6 is 0 Å². The fourth-order valence-corrected chi connectivity index (χ4v) is 12.4. The van der Waals surface area contributed by atoms with E-state index in [2.05, 4.69) is 54.5 Å². The Morgan fingerprint density at radius 2 is 1.51 bits per heavy atom. The van der Waals surface area contributed by atoms with Crippen LogP contribution in [0.5, 0.6) is 0 Å². The van der Waals surface area contributed by atoms with Gasteiger partial charge in [-0.05, 0) is 109 Å². The SMILES string of the molecule is CC1(C)CC[C@]2(C(=O)O)CC[C@]3(C)C(=CCC4[C@@]5(C)CC[C@@H](C(=O)[C@@H]6OC[C@@H](O)[C@H](O)C6O)C(C)(C)C5CC[C@]43C)C2C1. The minimum atomic E-state index is -1.43. The molecule has 7 nitrogen and oxygen atoms in total. The molecule has 6 aliphatic rings. The number of aliphatic carboxylic acids is 1. The van der Waals surface area contributed by atoms with E-state index in [1.807, 2.05) is 0 Å². The van der Waals surface area contributed by atoms with Gasteiger partial charge in [0.25, 0.3) is 0 Å². The van der Waals surface area contributed by atoms with Crippen LogP contribution in [0.1, 0.15) is 113 Å². The molecule has 0 spiro atoms. The summed E-state index contributed by atoms with van der Waals surface area (Å²) in [5.41, 5.74) is 0.636. The second kappa shape index (κ2) is 9.86. The third kappa shape index (κ3) is 4.19. The van der Waals surface area contributed by atoms with Crippen molar-refractivity contribution < 1.29 is 34.8 Å². The molecule has 0 aromatic carbocycles. The Morgan fingerprint density at radius 3 is 2.19 bits per heavy atom. The lowest BCUT2D eigenvalue weighted by atomic mass is 9.33. The number of hydrogen-bond acceptors (Lipinski definition) is 6. The Hall–Kier alpha value is -1.28. The van der Waals surface area contributed by atoms with Gasteiger partial charge in [-0.25, -0.2) is 0 Å². The minimum Gasteiger partial charge on any atom is -0.481 e. The fraction of sp³-hybridized carbons (Fsp3) is 0.889. The van der Waals surface area contributed by atoms with Crippen molar-refractivity contribution >= 4 is 11.8 Å². The largest absolute Gasteiger partial charge is 0.481 e. The number of allylic oxidation sites excluding steroid dienone is 2. The van der Waals surface area contributed by atoms with E-state index in [0.717, 1.165) is 57.8 Å². The molecule has 4 unspecified atom stereocenters. The number of carbonyl (C=O) groups is 2. The van der Waals surface area contributed by atoms with Crippen molar-refractivity contribution in [1.29, 1.82) is 0 Å². The first kappa shape index (κ1) is 31.7. The summed E-state index contributed by atoms with van der Waals surface area (Å²) in [5, 5.41) is 41.5. The number of carbonyl (C=O) groups excluding carboxylic acids is 1. The van der Waals surface area contributed by atoms with Gasteiger partial charge < -0.3 is 25.2 Å². The highest BCUT2D eigenvalue weighted by molar-refractivity contribution is 5.87. The summed E-state index contributed by atoms with van der Waals surface area (Å²) in [5.74, 6) is -0.197. The van der Waals surface area contributed by atoms with E-state index in [1.165, 1.54) is 5.57 Å². The molecule has 1 saturated heterocycles. The minimum absolute atomic E-state index is 0.0211. The van der Waals surface area contributed by atoms with Gasteiger partial charge in [-0.1, -0.05) is 60.1 Å². The van der Waals surface area contributed by atoms with Gasteiger partial charge in [-0.3, -0.25) is 9.59 Å². The Morgan fingerprint density at radius 1 is 0.837 bits per heavy atom. The van der Waals surface area contributed by atoms with E-state index in [-0.39, 0.29) is 51.3 Å². The van der Waals surface area contributed by atoms with Crippen LogP contribution in [0.25, 0.3) is 0 Å². The number of fused-ring (bicyclic) bond motifs is 7. The molecule has 4 saturated carbocycles. The maximum atomic E-state index is 13.9. The van der Waals surface area contributed by atoms with Crippen molar-refractivity contribution in [1.82, 2.24) is 0 Å². The second-order valence-corrected chi connectivity index (χ2v) is 17.8. The third-order valence-corrected chi connectivity index (χ3v) is 15.2. The Labute approximate surface area is 257 Å². The Balaban J connectivity index is 1.32. The van der Waals surface area contributed by atoms with Crippen LogP contribution in [0, 0.1) is 56.2 Å². The number of aliphatic hydroxyl groups excluding tert-OH is 3. The molecular weight excluding hydrogens is 544 g/mol. The van der Waals surface area contributed by atoms with E-state index in [0.29, 0.717) is 18.3 Å². The molecular formula is C36H56O7. The Kier molecular flexibility index (Phi) is 7.27. The van der Waals surface area contributed by atoms with E-state index in [1.54, 1.807) is 0 Å². The number of ether oxygens (including phenoxy) is 1. The predicted molar refractivity (Wildman–Crippen MR) is 163 cm³/mol. The molecule has 1 aliphatic heterocycles. The molecule has 12 atom stereocenters. The van der Waals surface area contributed by atoms with Crippen LogP contribution in [0.4, 0.5) is 0 Å². The van der Waals surface area contributed by atoms with Gasteiger partial charge in [-0.15, -0.1) is 0 Å². The first-order valence-corrected chi connectivity index (χ1v) is 17.0. The zero-order chi connectivity index (χ0) is 31.5. The van der Waals surface area contributed by atoms with Crippen molar-refractivity contribution in [3.8, 4) is 0 Å². The monoisotopic (exact) mass is 600 g/mol. The molecule has 0 amide bonds. The van der Waals surface area contributed by atoms with Gasteiger partial charge in [0, 0.05) is 5.92 Å². The van der Waals surface area contributed by atoms with Crippen molar-refractivity contribution in [2.24, 2.45) is 56.2 Å². The zero-order valence-corrected chi connectivity index (χ0v) is 27.5. The van der Waals surface area contributed by atoms with E-state index >= 15 is 0 Å². The van der Waals surface area contributed by atoms with Crippen LogP contribution in [0.15, 0.2) is 11.6 Å². The zero-order valence-electron chi connectivity index (χ0n) is 27.5. The number of aliphatic hydroxyl groups is 3. The number of Topliss-reactive ketones (excluding diaryl/α,β-unsaturated/α-hetero) is 1. The van der Waals surface area contributed by atoms with Crippen LogP contribution in [-0.4, -0.2) is 63.2 Å². The first-order chi connectivity index (χ1) is 19.9. The average molecular weight is 601 g/mol. The number of hydrogen-bond donors (Lipinski definition) is 4. The molecule has 242 valence electrons. The molecule has 0 aromatic heterocycles. The molecule has 7 heteroatoms. The third-order valence-electron chi connectivity index (χ3n) is 15.2. The smallest absolute Gasteiger partial charge is 0.310 e. The molecule has 4 N–H and O–H groups in total. The van der Waals surface area contributed by atoms with E-state index in [4.69, 9.17) is 4.74 Å². The predicted octanol–water partition coefficient (Wildman–Crippen LogP) is 5.54. The summed E-state index contributed by atoms with van der Waals surface area (Å²) in [6, 6.07) is 0. The maximum absolute atomic E-state index is 13.9. The molecule has 5 fully saturated rings. The highest BCUT2D eigenvalue weighted by Gasteiger charge is 2.69. The number of ketones is 1. The molecule has 0 aromatic rings. The highest BCUT2D eigenvalue weighted by atomic mass is 16.5. The molecule has 6 rings (SSSR count). The lowest BCUT2D eigenvalue weighted by Crippen LogP contribution is -2.65. The summed E-state index contributed by atoms with van der Waals surface area (Å²) in [6.07, 6.45) is 6.40. The lowest BCUT2D eigenvalue weighted by molar-refractivity contribution is -0.210. The standard InChI is InChI=1S/C36H56O7/c1-31(2)14-16-36(30(41)42)17-15-34(6)20(22(36)18-31)8-9-25-33(5)12-10-21(32(3,4)24(33)11-13-35(25,34)7)26(38)29-28(40)27(39)23(37)19-43-29/h8,21-25,27-29,37,39-40H,9-19H2,1-7H3,(H,41,42)/t21-,22?,23+,24?,25?,27-,28?,29-,33-,34+,35+,36-/m0/s1. The summed E-state index contributed by atoms with van der Waals surface area (Å²) in [7, 11) is 0.